The Morgan fingerprint density at radius 3 is 1.28 bits per heavy atom. The Bertz CT molecular complexity index is 3630. The van der Waals surface area contributed by atoms with Crippen molar-refractivity contribution in [2.75, 3.05) is 0 Å². The highest BCUT2D eigenvalue weighted by Gasteiger charge is 2.37. The normalized spacial score (nSPS) is 12.3. The number of aromatic hydroxyl groups is 1. The molecule has 0 saturated heterocycles. The van der Waals surface area contributed by atoms with Crippen molar-refractivity contribution in [3.63, 3.8) is 0 Å². The van der Waals surface area contributed by atoms with Crippen LogP contribution in [0.1, 0.15) is 35.5 Å². The van der Waals surface area contributed by atoms with Crippen molar-refractivity contribution in [3.8, 4) is 29.1 Å². The SMILES string of the molecule is CC(C)c1c2/c(=C(\C#N)c3nc4ccccc4s3)n(B(c3ccccc3)c3ccccc3)c(-c3ccc(O)cc3)c2/c(=C(\C#N)c2nc3ccccc3s2)n1B(c1ccccc1)c1ccccc1. The molecule has 11 aromatic rings. The van der Waals surface area contributed by atoms with Crippen LogP contribution in [0.25, 0.3) is 53.6 Å². The van der Waals surface area contributed by atoms with Crippen LogP contribution in [-0.2, 0) is 0 Å². The summed E-state index contributed by atoms with van der Waals surface area (Å²) in [5.41, 5.74) is 9.04. The van der Waals surface area contributed by atoms with Gasteiger partial charge in [0.1, 0.15) is 39.0 Å². The molecule has 0 unspecified atom stereocenters. The first-order valence-corrected chi connectivity index (χ1v) is 24.1. The minimum atomic E-state index is -0.477. The molecule has 0 amide bonds. The van der Waals surface area contributed by atoms with Crippen LogP contribution in [0.4, 0.5) is 0 Å². The highest BCUT2D eigenvalue weighted by atomic mass is 32.1. The van der Waals surface area contributed by atoms with Gasteiger partial charge in [0.25, 0.3) is 0 Å². The summed E-state index contributed by atoms with van der Waals surface area (Å²) in [5.74, 6) is -0.0293. The Morgan fingerprint density at radius 2 is 0.882 bits per heavy atom. The van der Waals surface area contributed by atoms with Crippen molar-refractivity contribution in [2.24, 2.45) is 0 Å². The number of thiazole rings is 2. The molecule has 0 aliphatic rings. The van der Waals surface area contributed by atoms with Crippen molar-refractivity contribution in [2.45, 2.75) is 19.8 Å². The molecule has 11 rings (SSSR count). The maximum absolute atomic E-state index is 11.9. The van der Waals surface area contributed by atoms with E-state index in [9.17, 15) is 15.6 Å². The van der Waals surface area contributed by atoms with Gasteiger partial charge in [0, 0.05) is 22.2 Å². The zero-order valence-corrected chi connectivity index (χ0v) is 38.8. The maximum atomic E-state index is 11.9. The maximum Gasteiger partial charge on any atom is 0.328 e. The Kier molecular flexibility index (Phi) is 11.2. The van der Waals surface area contributed by atoms with Crippen LogP contribution in [0, 0.1) is 22.7 Å². The summed E-state index contributed by atoms with van der Waals surface area (Å²) in [6, 6.07) is 70.5. The molecule has 0 spiro atoms. The number of aromatic nitrogens is 4. The highest BCUT2D eigenvalue weighted by molar-refractivity contribution is 7.20. The third-order valence-electron chi connectivity index (χ3n) is 12.6. The Hall–Kier alpha value is -8.21. The fraction of sp³-hybridized carbons (Fsp3) is 0.0526. The molecule has 4 heterocycles. The van der Waals surface area contributed by atoms with Gasteiger partial charge >= 0.3 is 13.7 Å². The van der Waals surface area contributed by atoms with E-state index in [1.165, 1.54) is 22.7 Å². The zero-order chi connectivity index (χ0) is 46.3. The first-order chi connectivity index (χ1) is 33.4. The lowest BCUT2D eigenvalue weighted by Gasteiger charge is -2.25. The van der Waals surface area contributed by atoms with E-state index in [0.717, 1.165) is 70.0 Å². The third-order valence-corrected chi connectivity index (χ3v) is 14.7. The smallest absolute Gasteiger partial charge is 0.328 e. The molecule has 0 atom stereocenters. The van der Waals surface area contributed by atoms with Crippen LogP contribution in [0.15, 0.2) is 194 Å². The van der Waals surface area contributed by atoms with Gasteiger partial charge in [-0.15, -0.1) is 22.7 Å². The number of hydrogen-bond donors (Lipinski definition) is 1. The number of nitrogens with zero attached hydrogens (tertiary/aromatic N) is 6. The lowest BCUT2D eigenvalue weighted by Crippen LogP contribution is -2.54. The van der Waals surface area contributed by atoms with E-state index in [2.05, 4.69) is 132 Å². The quantitative estimate of drug-likeness (QED) is 0.138. The van der Waals surface area contributed by atoms with Gasteiger partial charge in [-0.05, 0) is 60.0 Å². The molecule has 322 valence electrons. The molecule has 7 aromatic carbocycles. The van der Waals surface area contributed by atoms with E-state index in [4.69, 9.17) is 9.97 Å². The molecule has 0 aliphatic heterocycles. The number of benzene rings is 7. The zero-order valence-electron chi connectivity index (χ0n) is 37.2. The molecule has 0 aliphatic carbocycles. The molecule has 1 N–H and O–H groups in total. The fourth-order valence-corrected chi connectivity index (χ4v) is 11.7. The standard InChI is InChI=1S/C57H40B2N6OS2/c1-37(2)52-50-51(55(45(36-61)57-63-47-28-16-18-30-49(47)68-57)64(52)58(39-19-7-3-8-20-39)40-21-9-4-10-22-40)53(38-31-33-43(66)34-32-38)65(59(41-23-11-5-12-24-41)42-25-13-6-14-26-42)54(50)44(35-60)56-62-46-27-15-17-29-48(46)67-56/h3-34,37,66H,1-2H3/b54-44-,55-45-. The van der Waals surface area contributed by atoms with Crippen molar-refractivity contribution in [1.29, 1.82) is 10.5 Å². The van der Waals surface area contributed by atoms with Gasteiger partial charge in [-0.2, -0.15) is 10.5 Å². The summed E-state index contributed by atoms with van der Waals surface area (Å²) in [6.45, 7) is 3.50. The number of rotatable bonds is 10. The molecular formula is C57H40B2N6OS2. The first kappa shape index (κ1) is 42.4. The molecule has 0 bridgehead atoms. The minimum absolute atomic E-state index is 0.123. The minimum Gasteiger partial charge on any atom is -0.508 e. The van der Waals surface area contributed by atoms with Gasteiger partial charge in [-0.25, -0.2) is 9.97 Å². The van der Waals surface area contributed by atoms with Gasteiger partial charge < -0.3 is 14.1 Å². The van der Waals surface area contributed by atoms with Crippen LogP contribution < -0.4 is 32.5 Å². The van der Waals surface area contributed by atoms with Crippen molar-refractivity contribution in [3.05, 3.63) is 221 Å². The summed E-state index contributed by atoms with van der Waals surface area (Å²) < 4.78 is 6.63. The number of para-hydroxylation sites is 2. The lowest BCUT2D eigenvalue weighted by molar-refractivity contribution is 0.475. The Labute approximate surface area is 402 Å². The van der Waals surface area contributed by atoms with Gasteiger partial charge in [-0.3, -0.25) is 0 Å². The molecule has 11 heteroatoms. The average molecular weight is 911 g/mol. The van der Waals surface area contributed by atoms with Crippen LogP contribution in [0.2, 0.25) is 0 Å². The van der Waals surface area contributed by atoms with Gasteiger partial charge in [0.15, 0.2) is 0 Å². The number of nitriles is 2. The predicted molar refractivity (Wildman–Crippen MR) is 282 cm³/mol. The number of phenols is 1. The number of hydrogen-bond acceptors (Lipinski definition) is 7. The molecule has 68 heavy (non-hydrogen) atoms. The molecule has 4 aromatic heterocycles. The largest absolute Gasteiger partial charge is 0.508 e. The predicted octanol–water partition coefficient (Wildman–Crippen LogP) is 8.91. The monoisotopic (exact) mass is 910 g/mol. The summed E-state index contributed by atoms with van der Waals surface area (Å²) in [4.78, 5) is 10.4. The molecule has 0 saturated carbocycles. The van der Waals surface area contributed by atoms with E-state index >= 15 is 0 Å². The van der Waals surface area contributed by atoms with Crippen LogP contribution in [-0.4, -0.2) is 37.7 Å². The number of fused-ring (bicyclic) bond motifs is 3. The van der Waals surface area contributed by atoms with Crippen LogP contribution >= 0.6 is 22.7 Å². The van der Waals surface area contributed by atoms with E-state index < -0.39 is 13.7 Å². The topological polar surface area (TPSA) is 103 Å². The first-order valence-electron chi connectivity index (χ1n) is 22.5. The van der Waals surface area contributed by atoms with Gasteiger partial charge in [-0.1, -0.05) is 181 Å². The summed E-state index contributed by atoms with van der Waals surface area (Å²) in [7, 11) is 0. The summed E-state index contributed by atoms with van der Waals surface area (Å²) in [6.07, 6.45) is 0. The molecule has 0 radical (unpaired) electrons. The molecular weight excluding hydrogens is 870 g/mol. The van der Waals surface area contributed by atoms with Crippen LogP contribution in [0.3, 0.4) is 0 Å². The highest BCUT2D eigenvalue weighted by Crippen LogP contribution is 2.37. The summed E-state index contributed by atoms with van der Waals surface area (Å²) >= 11 is 3.00. The van der Waals surface area contributed by atoms with Crippen LogP contribution in [0.5, 0.6) is 5.75 Å². The van der Waals surface area contributed by atoms with Gasteiger partial charge in [0.05, 0.1) is 31.1 Å². The molecule has 7 nitrogen and oxygen atoms in total. The van der Waals surface area contributed by atoms with Crippen molar-refractivity contribution >= 4 is 101 Å². The summed E-state index contributed by atoms with van der Waals surface area (Å²) in [5, 5.41) is 39.0. The average Bonchev–Trinajstić information content (AvgIpc) is 4.16. The van der Waals surface area contributed by atoms with E-state index in [-0.39, 0.29) is 11.7 Å². The second kappa shape index (κ2) is 17.9. The fourth-order valence-electron chi connectivity index (χ4n) is 9.80. The Morgan fingerprint density at radius 1 is 0.500 bits per heavy atom. The third kappa shape index (κ3) is 7.30. The molecule has 0 fully saturated rings. The van der Waals surface area contributed by atoms with Crippen molar-refractivity contribution < 1.29 is 5.11 Å². The van der Waals surface area contributed by atoms with Gasteiger partial charge in [0.2, 0.25) is 0 Å². The van der Waals surface area contributed by atoms with E-state index in [0.29, 0.717) is 31.9 Å². The Balaban J connectivity index is 1.49. The van der Waals surface area contributed by atoms with E-state index in [1.807, 2.05) is 84.9 Å². The van der Waals surface area contributed by atoms with E-state index in [1.54, 1.807) is 12.1 Å². The lowest BCUT2D eigenvalue weighted by atomic mass is 9.50. The van der Waals surface area contributed by atoms with Crippen molar-refractivity contribution in [1.82, 2.24) is 18.9 Å². The number of phenolic OH excluding ortho intramolecular Hbond substituents is 1. The second-order valence-electron chi connectivity index (χ2n) is 17.0. The second-order valence-corrected chi connectivity index (χ2v) is 19.1.